The molecule has 3 heterocycles. The van der Waals surface area contributed by atoms with Crippen molar-refractivity contribution in [2.45, 2.75) is 71.0 Å². The molecule has 2 aliphatic rings. The lowest BCUT2D eigenvalue weighted by Gasteiger charge is -2.38. The van der Waals surface area contributed by atoms with Gasteiger partial charge >= 0.3 is 0 Å². The normalized spacial score (nSPS) is 20.9. The number of carbonyl (C=O) groups excluding carboxylic acids is 3. The molecule has 1 aliphatic carbocycles. The zero-order valence-electron chi connectivity index (χ0n) is 24.0. The fourth-order valence-electron chi connectivity index (χ4n) is 5.98. The van der Waals surface area contributed by atoms with Crippen molar-refractivity contribution in [1.29, 1.82) is 0 Å². The van der Waals surface area contributed by atoms with Crippen LogP contribution < -0.4 is 10.6 Å². The highest BCUT2D eigenvalue weighted by Crippen LogP contribution is 2.29. The molecule has 220 valence electrons. The third-order valence-corrected chi connectivity index (χ3v) is 9.39. The van der Waals surface area contributed by atoms with Crippen LogP contribution in [0.2, 0.25) is 5.02 Å². The van der Waals surface area contributed by atoms with E-state index in [1.807, 2.05) is 17.0 Å². The maximum absolute atomic E-state index is 13.5. The number of carbonyl (C=O) groups is 3. The third kappa shape index (κ3) is 6.76. The summed E-state index contributed by atoms with van der Waals surface area (Å²) in [5.41, 5.74) is 2.25. The smallest absolute Gasteiger partial charge is 0.280 e. The number of rotatable bonds is 9. The lowest BCUT2D eigenvalue weighted by atomic mass is 9.81. The first-order valence-corrected chi connectivity index (χ1v) is 15.8. The van der Waals surface area contributed by atoms with Gasteiger partial charge in [-0.1, -0.05) is 25.4 Å². The molecule has 3 atom stereocenters. The molecule has 5 rings (SSSR count). The van der Waals surface area contributed by atoms with E-state index in [1.54, 1.807) is 12.1 Å². The summed E-state index contributed by atoms with van der Waals surface area (Å²) in [6.07, 6.45) is 4.34. The van der Waals surface area contributed by atoms with Crippen LogP contribution in [-0.4, -0.2) is 76.3 Å². The molecule has 11 heteroatoms. The molecule has 0 saturated heterocycles. The van der Waals surface area contributed by atoms with Crippen molar-refractivity contribution in [1.82, 2.24) is 30.4 Å². The number of aromatic nitrogens is 2. The molecule has 3 amide bonds. The van der Waals surface area contributed by atoms with Gasteiger partial charge in [-0.25, -0.2) is 4.98 Å². The highest BCUT2D eigenvalue weighted by atomic mass is 35.5. The predicted molar refractivity (Wildman–Crippen MR) is 162 cm³/mol. The van der Waals surface area contributed by atoms with Crippen LogP contribution in [0.1, 0.15) is 76.8 Å². The lowest BCUT2D eigenvalue weighted by molar-refractivity contribution is -0.137. The van der Waals surface area contributed by atoms with Gasteiger partial charge in [-0.15, -0.1) is 11.3 Å². The van der Waals surface area contributed by atoms with Gasteiger partial charge in [0.25, 0.3) is 11.8 Å². The van der Waals surface area contributed by atoms with Gasteiger partial charge in [-0.05, 0) is 63.4 Å². The Balaban J connectivity index is 1.34. The largest absolute Gasteiger partial charge is 0.351 e. The Morgan fingerprint density at radius 1 is 1.10 bits per heavy atom. The maximum Gasteiger partial charge on any atom is 0.280 e. The minimum absolute atomic E-state index is 0.137. The van der Waals surface area contributed by atoms with Crippen molar-refractivity contribution in [3.8, 4) is 0 Å². The van der Waals surface area contributed by atoms with Crippen LogP contribution in [0.25, 0.3) is 10.9 Å². The fourth-order valence-corrected chi connectivity index (χ4v) is 7.25. The van der Waals surface area contributed by atoms with Gasteiger partial charge in [-0.3, -0.25) is 14.4 Å². The van der Waals surface area contributed by atoms with E-state index < -0.39 is 6.04 Å². The van der Waals surface area contributed by atoms with Crippen molar-refractivity contribution in [3.63, 3.8) is 0 Å². The summed E-state index contributed by atoms with van der Waals surface area (Å²) in [7, 11) is 2.07. The quantitative estimate of drug-likeness (QED) is 0.333. The van der Waals surface area contributed by atoms with Crippen molar-refractivity contribution < 1.29 is 14.4 Å². The van der Waals surface area contributed by atoms with Crippen LogP contribution in [-0.2, 0) is 17.8 Å². The molecule has 0 bridgehead atoms. The monoisotopic (exact) mass is 598 g/mol. The van der Waals surface area contributed by atoms with E-state index in [9.17, 15) is 14.4 Å². The molecule has 0 unspecified atom stereocenters. The van der Waals surface area contributed by atoms with Gasteiger partial charge in [0.05, 0.1) is 11.7 Å². The first-order chi connectivity index (χ1) is 19.7. The highest BCUT2D eigenvalue weighted by molar-refractivity contribution is 7.13. The first-order valence-electron chi connectivity index (χ1n) is 14.6. The first kappa shape index (κ1) is 29.5. The average molecular weight is 599 g/mol. The number of H-pyrrole nitrogens is 1. The lowest BCUT2D eigenvalue weighted by Crippen LogP contribution is -2.56. The van der Waals surface area contributed by atoms with Gasteiger partial charge in [-0.2, -0.15) is 0 Å². The van der Waals surface area contributed by atoms with Gasteiger partial charge in [0.15, 0.2) is 5.01 Å². The number of hydrogen-bond acceptors (Lipinski definition) is 6. The van der Waals surface area contributed by atoms with Crippen molar-refractivity contribution in [2.75, 3.05) is 26.7 Å². The van der Waals surface area contributed by atoms with Crippen LogP contribution in [0, 0.1) is 5.92 Å². The van der Waals surface area contributed by atoms with Gasteiger partial charge in [0.2, 0.25) is 5.91 Å². The van der Waals surface area contributed by atoms with E-state index in [1.165, 1.54) is 11.3 Å². The molecule has 1 fully saturated rings. The number of fused-ring (bicyclic) bond motifs is 2. The Morgan fingerprint density at radius 2 is 1.85 bits per heavy atom. The molecular weight excluding hydrogens is 560 g/mol. The summed E-state index contributed by atoms with van der Waals surface area (Å²) in [5, 5.41) is 8.21. The summed E-state index contributed by atoms with van der Waals surface area (Å²) < 4.78 is 0. The number of thiazole rings is 1. The van der Waals surface area contributed by atoms with Crippen LogP contribution >= 0.6 is 22.9 Å². The molecule has 3 aromatic rings. The Morgan fingerprint density at radius 3 is 2.61 bits per heavy atom. The summed E-state index contributed by atoms with van der Waals surface area (Å²) in [6, 6.07) is 6.50. The number of amides is 3. The fraction of sp³-hybridized carbons (Fsp3) is 0.533. The van der Waals surface area contributed by atoms with E-state index in [4.69, 9.17) is 11.6 Å². The van der Waals surface area contributed by atoms with Gasteiger partial charge in [0, 0.05) is 65.4 Å². The standard InChI is InChI=1S/C30H39ClN6O3S/c1-4-11-37(12-5-2)30(40)18-6-8-22(33-27(38)25-16-19-14-20(31)7-9-21(19)32-25)24(15-18)34-28(39)29-35-23-10-13-36(3)17-26(23)41-29/h7,9,14,16,18,22,24,32H,4-6,8,10-13,15,17H2,1-3H3,(H,33,38)(H,34,39)/t18-,22-,24+/m0/s1. The van der Waals surface area contributed by atoms with Crippen LogP contribution in [0.3, 0.4) is 0 Å². The second-order valence-corrected chi connectivity index (χ2v) is 12.8. The number of hydrogen-bond donors (Lipinski definition) is 3. The van der Waals surface area contributed by atoms with Crippen LogP contribution in [0.15, 0.2) is 24.3 Å². The Bertz CT molecular complexity index is 1410. The predicted octanol–water partition coefficient (Wildman–Crippen LogP) is 4.61. The summed E-state index contributed by atoms with van der Waals surface area (Å²) in [6.45, 7) is 7.32. The molecule has 41 heavy (non-hydrogen) atoms. The molecular formula is C30H39ClN6O3S. The van der Waals surface area contributed by atoms with E-state index >= 15 is 0 Å². The number of aromatic amines is 1. The SMILES string of the molecule is CCCN(CCC)C(=O)[C@H]1CC[C@H](NC(=O)c2cc3cc(Cl)ccc3[nH]2)[C@H](NC(=O)c2nc3c(s2)CN(C)CC3)C1. The Labute approximate surface area is 250 Å². The topological polar surface area (TPSA) is 110 Å². The van der Waals surface area contributed by atoms with Crippen molar-refractivity contribution >= 4 is 51.6 Å². The Hall–Kier alpha value is -2.95. The molecule has 1 saturated carbocycles. The second-order valence-electron chi connectivity index (χ2n) is 11.3. The van der Waals surface area contributed by atoms with Gasteiger partial charge < -0.3 is 25.4 Å². The Kier molecular flexibility index (Phi) is 9.31. The number of likely N-dealkylation sites (N-methyl/N-ethyl adjacent to an activating group) is 1. The van der Waals surface area contributed by atoms with Crippen molar-refractivity contribution in [2.24, 2.45) is 5.92 Å². The van der Waals surface area contributed by atoms with E-state index in [-0.39, 0.29) is 29.7 Å². The molecule has 1 aliphatic heterocycles. The van der Waals surface area contributed by atoms with Crippen LogP contribution in [0.4, 0.5) is 0 Å². The zero-order valence-corrected chi connectivity index (χ0v) is 25.5. The maximum atomic E-state index is 13.5. The average Bonchev–Trinajstić information content (AvgIpc) is 3.57. The van der Waals surface area contributed by atoms with E-state index in [0.717, 1.165) is 66.9 Å². The minimum Gasteiger partial charge on any atom is -0.351 e. The number of benzene rings is 1. The minimum atomic E-state index is -0.401. The van der Waals surface area contributed by atoms with E-state index in [0.29, 0.717) is 35.0 Å². The molecule has 1 aromatic carbocycles. The number of nitrogens with zero attached hydrogens (tertiary/aromatic N) is 3. The molecule has 0 radical (unpaired) electrons. The summed E-state index contributed by atoms with van der Waals surface area (Å²) in [5.74, 6) is -0.570. The van der Waals surface area contributed by atoms with E-state index in [2.05, 4.69) is 46.4 Å². The number of halogens is 1. The molecule has 3 N–H and O–H groups in total. The highest BCUT2D eigenvalue weighted by Gasteiger charge is 2.38. The third-order valence-electron chi connectivity index (χ3n) is 8.07. The summed E-state index contributed by atoms with van der Waals surface area (Å²) >= 11 is 7.56. The molecule has 0 spiro atoms. The zero-order chi connectivity index (χ0) is 29.1. The van der Waals surface area contributed by atoms with Gasteiger partial charge in [0.1, 0.15) is 5.69 Å². The second kappa shape index (κ2) is 12.9. The molecule has 9 nitrogen and oxygen atoms in total. The molecule has 2 aromatic heterocycles. The number of nitrogens with one attached hydrogen (secondary N) is 3. The summed E-state index contributed by atoms with van der Waals surface area (Å²) in [4.78, 5) is 53.4. The van der Waals surface area contributed by atoms with Crippen molar-refractivity contribution in [3.05, 3.63) is 50.6 Å². The van der Waals surface area contributed by atoms with Crippen LogP contribution in [0.5, 0.6) is 0 Å².